The van der Waals surface area contributed by atoms with Gasteiger partial charge in [0.05, 0.1) is 28.5 Å². The summed E-state index contributed by atoms with van der Waals surface area (Å²) in [5, 5.41) is 9.73. The lowest BCUT2D eigenvalue weighted by Gasteiger charge is -2.31. The summed E-state index contributed by atoms with van der Waals surface area (Å²) in [6.07, 6.45) is -5.70. The summed E-state index contributed by atoms with van der Waals surface area (Å²) in [6.45, 7) is 0. The van der Waals surface area contributed by atoms with Gasteiger partial charge in [-0.05, 0) is 43.5 Å². The maximum Gasteiger partial charge on any atom is 0.417 e. The lowest BCUT2D eigenvalue weighted by atomic mass is 10.1. The highest BCUT2D eigenvalue weighted by Gasteiger charge is 2.61. The maximum atomic E-state index is 13.8. The van der Waals surface area contributed by atoms with E-state index in [0.717, 1.165) is 31.5 Å². The zero-order valence-electron chi connectivity index (χ0n) is 15.6. The predicted molar refractivity (Wildman–Crippen MR) is 96.8 cm³/mol. The standard InChI is InChI=1S/C19H17F4NO5S/c1-29-16-3-2-8-18(16,17(25)26)30(27,28)15-7-4-11(9-13(15)19(21,22)23)14-6-5-12(20)10-24-14/h4-7,9-10,16H,2-3,8H2,1H3,(H,25,26). The molecule has 1 aromatic heterocycles. The molecule has 2 atom stereocenters. The Morgan fingerprint density at radius 1 is 1.27 bits per heavy atom. The van der Waals surface area contributed by atoms with Crippen molar-refractivity contribution >= 4 is 15.8 Å². The third-order valence-electron chi connectivity index (χ3n) is 5.26. The van der Waals surface area contributed by atoms with Gasteiger partial charge in [-0.1, -0.05) is 6.07 Å². The minimum atomic E-state index is -5.10. The third kappa shape index (κ3) is 3.45. The first-order valence-corrected chi connectivity index (χ1v) is 10.3. The number of halogens is 4. The van der Waals surface area contributed by atoms with Crippen LogP contribution in [0.15, 0.2) is 41.4 Å². The summed E-state index contributed by atoms with van der Waals surface area (Å²) in [6, 6.07) is 4.51. The van der Waals surface area contributed by atoms with Gasteiger partial charge in [0.15, 0.2) is 14.6 Å². The van der Waals surface area contributed by atoms with Crippen LogP contribution in [0.3, 0.4) is 0 Å². The first-order valence-electron chi connectivity index (χ1n) is 8.79. The number of carboxylic acid groups (broad SMARTS) is 1. The van der Waals surface area contributed by atoms with E-state index >= 15 is 0 Å². The van der Waals surface area contributed by atoms with Crippen molar-refractivity contribution in [2.75, 3.05) is 7.11 Å². The minimum Gasteiger partial charge on any atom is -0.480 e. The van der Waals surface area contributed by atoms with E-state index in [4.69, 9.17) is 4.74 Å². The summed E-state index contributed by atoms with van der Waals surface area (Å²) in [5.41, 5.74) is -1.62. The molecule has 1 N–H and O–H groups in total. The summed E-state index contributed by atoms with van der Waals surface area (Å²) >= 11 is 0. The molecule has 1 aliphatic carbocycles. The quantitative estimate of drug-likeness (QED) is 0.703. The molecule has 2 aromatic rings. The Labute approximate surface area is 169 Å². The van der Waals surface area contributed by atoms with Crippen molar-refractivity contribution < 1.29 is 40.6 Å². The number of aliphatic carboxylic acids is 1. The van der Waals surface area contributed by atoms with Crippen molar-refractivity contribution in [1.82, 2.24) is 4.98 Å². The number of benzene rings is 1. The number of carboxylic acids is 1. The molecule has 0 spiro atoms. The molecule has 3 rings (SSSR count). The molecule has 1 aliphatic rings. The highest BCUT2D eigenvalue weighted by Crippen LogP contribution is 2.46. The van der Waals surface area contributed by atoms with Crippen LogP contribution in [0.25, 0.3) is 11.3 Å². The van der Waals surface area contributed by atoms with Gasteiger partial charge in [-0.2, -0.15) is 13.2 Å². The third-order valence-corrected chi connectivity index (χ3v) is 7.79. The number of carbonyl (C=O) groups is 1. The smallest absolute Gasteiger partial charge is 0.417 e. The molecule has 30 heavy (non-hydrogen) atoms. The molecule has 11 heteroatoms. The first kappa shape index (κ1) is 22.2. The Morgan fingerprint density at radius 2 is 1.97 bits per heavy atom. The number of aromatic nitrogens is 1. The van der Waals surface area contributed by atoms with Crippen LogP contribution in [0, 0.1) is 5.82 Å². The van der Waals surface area contributed by atoms with E-state index < -0.39 is 49.1 Å². The van der Waals surface area contributed by atoms with Crippen molar-refractivity contribution in [3.8, 4) is 11.3 Å². The highest BCUT2D eigenvalue weighted by molar-refractivity contribution is 7.93. The molecule has 2 unspecified atom stereocenters. The van der Waals surface area contributed by atoms with Crippen LogP contribution < -0.4 is 0 Å². The molecule has 0 amide bonds. The average molecular weight is 447 g/mol. The number of rotatable bonds is 5. The number of methoxy groups -OCH3 is 1. The van der Waals surface area contributed by atoms with Crippen LogP contribution in [0.5, 0.6) is 0 Å². The van der Waals surface area contributed by atoms with Crippen LogP contribution in [-0.2, 0) is 25.5 Å². The lowest BCUT2D eigenvalue weighted by molar-refractivity contribution is -0.144. The molecule has 0 radical (unpaired) electrons. The fourth-order valence-electron chi connectivity index (χ4n) is 3.81. The van der Waals surface area contributed by atoms with E-state index in [1.165, 1.54) is 0 Å². The fourth-order valence-corrected chi connectivity index (χ4v) is 6.11. The monoisotopic (exact) mass is 447 g/mol. The number of nitrogens with zero attached hydrogens (tertiary/aromatic N) is 1. The second kappa shape index (κ2) is 7.62. The maximum absolute atomic E-state index is 13.8. The molecule has 0 saturated heterocycles. The zero-order valence-corrected chi connectivity index (χ0v) is 16.4. The fraction of sp³-hybridized carbons (Fsp3) is 0.368. The molecule has 162 valence electrons. The van der Waals surface area contributed by atoms with Crippen molar-refractivity contribution in [3.05, 3.63) is 47.9 Å². The SMILES string of the molecule is COC1CCCC1(C(=O)O)S(=O)(=O)c1ccc(-c2ccc(F)cn2)cc1C(F)(F)F. The van der Waals surface area contributed by atoms with Crippen molar-refractivity contribution in [1.29, 1.82) is 0 Å². The Hall–Kier alpha value is -2.53. The second-order valence-corrected chi connectivity index (χ2v) is 9.06. The topological polar surface area (TPSA) is 93.6 Å². The van der Waals surface area contributed by atoms with Gasteiger partial charge in [0.2, 0.25) is 0 Å². The van der Waals surface area contributed by atoms with Gasteiger partial charge >= 0.3 is 12.1 Å². The number of ether oxygens (including phenoxy) is 1. The first-order chi connectivity index (χ1) is 13.9. The van der Waals surface area contributed by atoms with E-state index in [1.54, 1.807) is 0 Å². The Kier molecular flexibility index (Phi) is 5.63. The summed E-state index contributed by atoms with van der Waals surface area (Å²) in [5.74, 6) is -2.45. The molecular weight excluding hydrogens is 430 g/mol. The van der Waals surface area contributed by atoms with E-state index in [-0.39, 0.29) is 30.5 Å². The summed E-state index contributed by atoms with van der Waals surface area (Å²) in [4.78, 5) is 14.6. The van der Waals surface area contributed by atoms with Gasteiger partial charge in [-0.15, -0.1) is 0 Å². The van der Waals surface area contributed by atoms with Gasteiger partial charge in [0.25, 0.3) is 0 Å². The average Bonchev–Trinajstić information content (AvgIpc) is 3.13. The number of hydrogen-bond acceptors (Lipinski definition) is 5. The molecule has 0 bridgehead atoms. The highest BCUT2D eigenvalue weighted by atomic mass is 32.2. The van der Waals surface area contributed by atoms with Crippen molar-refractivity contribution in [2.24, 2.45) is 0 Å². The van der Waals surface area contributed by atoms with Gasteiger partial charge < -0.3 is 9.84 Å². The summed E-state index contributed by atoms with van der Waals surface area (Å²) in [7, 11) is -3.88. The molecule has 6 nitrogen and oxygen atoms in total. The zero-order chi connectivity index (χ0) is 22.3. The van der Waals surface area contributed by atoms with E-state index in [1.807, 2.05) is 0 Å². The van der Waals surface area contributed by atoms with E-state index in [2.05, 4.69) is 4.98 Å². The van der Waals surface area contributed by atoms with Crippen LogP contribution in [0.4, 0.5) is 17.6 Å². The molecule has 1 fully saturated rings. The summed E-state index contributed by atoms with van der Waals surface area (Å²) < 4.78 is 83.6. The van der Waals surface area contributed by atoms with Gasteiger partial charge in [-0.25, -0.2) is 12.8 Å². The van der Waals surface area contributed by atoms with Crippen molar-refractivity contribution in [2.45, 2.75) is 41.2 Å². The molecule has 1 heterocycles. The number of hydrogen-bond donors (Lipinski definition) is 1. The molecule has 0 aliphatic heterocycles. The minimum absolute atomic E-state index is 0.00516. The van der Waals surface area contributed by atoms with Gasteiger partial charge in [0.1, 0.15) is 5.82 Å². The molecule has 1 saturated carbocycles. The van der Waals surface area contributed by atoms with Crippen LogP contribution in [0.2, 0.25) is 0 Å². The van der Waals surface area contributed by atoms with Crippen LogP contribution in [-0.4, -0.2) is 42.4 Å². The largest absolute Gasteiger partial charge is 0.480 e. The van der Waals surface area contributed by atoms with Crippen LogP contribution in [0.1, 0.15) is 24.8 Å². The van der Waals surface area contributed by atoms with Gasteiger partial charge in [-0.3, -0.25) is 9.78 Å². The van der Waals surface area contributed by atoms with E-state index in [9.17, 15) is 35.9 Å². The Bertz CT molecular complexity index is 1070. The Balaban J connectivity index is 2.24. The van der Waals surface area contributed by atoms with Crippen molar-refractivity contribution in [3.63, 3.8) is 0 Å². The number of pyridine rings is 1. The Morgan fingerprint density at radius 3 is 2.50 bits per heavy atom. The predicted octanol–water partition coefficient (Wildman–Crippen LogP) is 3.70. The molecule has 1 aromatic carbocycles. The number of alkyl halides is 3. The molecular formula is C19H17F4NO5S. The number of sulfone groups is 1. The normalized spacial score (nSPS) is 22.2. The van der Waals surface area contributed by atoms with E-state index in [0.29, 0.717) is 12.1 Å². The second-order valence-electron chi connectivity index (χ2n) is 6.89. The van der Waals surface area contributed by atoms with Gasteiger partial charge in [0, 0.05) is 12.7 Å². The lowest BCUT2D eigenvalue weighted by Crippen LogP contribution is -2.53. The van der Waals surface area contributed by atoms with Crippen LogP contribution >= 0.6 is 0 Å².